The van der Waals surface area contributed by atoms with E-state index in [0.29, 0.717) is 22.9 Å². The Hall–Kier alpha value is -2.30. The van der Waals surface area contributed by atoms with Gasteiger partial charge in [-0.25, -0.2) is 0 Å². The number of rotatable bonds is 5. The van der Waals surface area contributed by atoms with Crippen molar-refractivity contribution in [2.75, 3.05) is 20.6 Å². The van der Waals surface area contributed by atoms with E-state index in [4.69, 9.17) is 16.0 Å². The molecule has 4 nitrogen and oxygen atoms in total. The number of aryl methyl sites for hydroxylation is 3. The summed E-state index contributed by atoms with van der Waals surface area (Å²) >= 11 is 6.22. The van der Waals surface area contributed by atoms with Gasteiger partial charge in [-0.05, 0) is 58.1 Å². The van der Waals surface area contributed by atoms with E-state index in [1.54, 1.807) is 0 Å². The maximum absolute atomic E-state index is 12.8. The monoisotopic (exact) mass is 384 g/mol. The summed E-state index contributed by atoms with van der Waals surface area (Å²) in [5.41, 5.74) is 4.79. The molecule has 3 aromatic rings. The minimum atomic E-state index is -0.212. The van der Waals surface area contributed by atoms with Gasteiger partial charge in [-0.15, -0.1) is 0 Å². The van der Waals surface area contributed by atoms with Crippen LogP contribution in [0.15, 0.2) is 40.8 Å². The highest BCUT2D eigenvalue weighted by Gasteiger charge is 2.21. The van der Waals surface area contributed by atoms with Crippen LogP contribution in [0.5, 0.6) is 0 Å². The summed E-state index contributed by atoms with van der Waals surface area (Å²) < 4.78 is 5.83. The Kier molecular flexibility index (Phi) is 5.59. The fourth-order valence-corrected chi connectivity index (χ4v) is 3.38. The normalized spacial score (nSPS) is 12.6. The van der Waals surface area contributed by atoms with Gasteiger partial charge >= 0.3 is 0 Å². The molecule has 0 radical (unpaired) electrons. The molecule has 0 aliphatic carbocycles. The molecule has 0 aliphatic rings. The van der Waals surface area contributed by atoms with E-state index in [0.717, 1.165) is 22.1 Å². The molecule has 0 bridgehead atoms. The number of carbonyl (C=O) groups is 1. The summed E-state index contributed by atoms with van der Waals surface area (Å²) in [6.45, 7) is 6.36. The number of benzene rings is 2. The topological polar surface area (TPSA) is 45.5 Å². The molecule has 1 heterocycles. The van der Waals surface area contributed by atoms with Crippen LogP contribution in [0.1, 0.15) is 38.9 Å². The van der Waals surface area contributed by atoms with Crippen molar-refractivity contribution in [2.45, 2.75) is 26.8 Å². The van der Waals surface area contributed by atoms with Crippen molar-refractivity contribution < 1.29 is 9.21 Å². The molecule has 0 saturated heterocycles. The van der Waals surface area contributed by atoms with Gasteiger partial charge < -0.3 is 14.6 Å². The zero-order chi connectivity index (χ0) is 19.7. The first-order valence-electron chi connectivity index (χ1n) is 8.98. The van der Waals surface area contributed by atoms with Gasteiger partial charge in [0.1, 0.15) is 5.58 Å². The quantitative estimate of drug-likeness (QED) is 0.669. The molecular weight excluding hydrogens is 360 g/mol. The number of amides is 1. The first kappa shape index (κ1) is 19.5. The van der Waals surface area contributed by atoms with Crippen molar-refractivity contribution in [3.8, 4) is 0 Å². The molecule has 1 aromatic heterocycles. The number of carbonyl (C=O) groups excluding carboxylic acids is 1. The number of likely N-dealkylation sites (N-methyl/N-ethyl adjacent to an activating group) is 1. The maximum Gasteiger partial charge on any atom is 0.287 e. The van der Waals surface area contributed by atoms with Crippen molar-refractivity contribution in [3.05, 3.63) is 69.4 Å². The van der Waals surface area contributed by atoms with E-state index < -0.39 is 0 Å². The van der Waals surface area contributed by atoms with E-state index in [9.17, 15) is 4.79 Å². The first-order valence-corrected chi connectivity index (χ1v) is 9.36. The van der Waals surface area contributed by atoms with Gasteiger partial charge in [0.25, 0.3) is 5.91 Å². The van der Waals surface area contributed by atoms with Crippen LogP contribution in [0.25, 0.3) is 11.0 Å². The molecule has 5 heteroatoms. The third-order valence-electron chi connectivity index (χ3n) is 4.97. The van der Waals surface area contributed by atoms with Crippen molar-refractivity contribution in [3.63, 3.8) is 0 Å². The number of hydrogen-bond donors (Lipinski definition) is 1. The third kappa shape index (κ3) is 4.02. The van der Waals surface area contributed by atoms with Crippen LogP contribution in [0.4, 0.5) is 0 Å². The Labute approximate surface area is 165 Å². The predicted octanol–water partition coefficient (Wildman–Crippen LogP) is 5.04. The molecule has 0 fully saturated rings. The van der Waals surface area contributed by atoms with Crippen molar-refractivity contribution in [1.82, 2.24) is 10.2 Å². The van der Waals surface area contributed by atoms with Gasteiger partial charge in [0, 0.05) is 22.5 Å². The van der Waals surface area contributed by atoms with Gasteiger partial charge in [-0.3, -0.25) is 4.79 Å². The molecular formula is C22H25ClN2O2. The van der Waals surface area contributed by atoms with Gasteiger partial charge in [0.15, 0.2) is 5.76 Å². The largest absolute Gasteiger partial charge is 0.451 e. The Bertz CT molecular complexity index is 974. The van der Waals surface area contributed by atoms with Crippen LogP contribution < -0.4 is 5.32 Å². The maximum atomic E-state index is 12.8. The number of hydrogen-bond acceptors (Lipinski definition) is 3. The molecule has 1 N–H and O–H groups in total. The Morgan fingerprint density at radius 3 is 2.44 bits per heavy atom. The summed E-state index contributed by atoms with van der Waals surface area (Å²) in [5, 5.41) is 4.56. The number of fused-ring (bicyclic) bond motifs is 1. The fourth-order valence-electron chi connectivity index (χ4n) is 3.21. The Balaban J connectivity index is 1.81. The van der Waals surface area contributed by atoms with Crippen molar-refractivity contribution >= 4 is 28.5 Å². The zero-order valence-electron chi connectivity index (χ0n) is 16.4. The van der Waals surface area contributed by atoms with E-state index in [1.165, 1.54) is 5.56 Å². The molecule has 0 saturated carbocycles. The number of furan rings is 1. The minimum absolute atomic E-state index is 0.0796. The van der Waals surface area contributed by atoms with Crippen LogP contribution in [-0.4, -0.2) is 31.4 Å². The second-order valence-corrected chi connectivity index (χ2v) is 7.66. The summed E-state index contributed by atoms with van der Waals surface area (Å²) in [5.74, 6) is 0.129. The van der Waals surface area contributed by atoms with Gasteiger partial charge in [0.2, 0.25) is 0 Å². The highest BCUT2D eigenvalue weighted by molar-refractivity contribution is 6.32. The SMILES string of the molecule is Cc1ccc([C@H](CNC(=O)c2oc3cc(C)c(Cl)cc3c2C)N(C)C)cc1. The van der Waals surface area contributed by atoms with Crippen LogP contribution in [0.2, 0.25) is 5.02 Å². The lowest BCUT2D eigenvalue weighted by molar-refractivity contribution is 0.0915. The van der Waals surface area contributed by atoms with Gasteiger partial charge in [-0.1, -0.05) is 41.4 Å². The summed E-state index contributed by atoms with van der Waals surface area (Å²) in [7, 11) is 4.02. The van der Waals surface area contributed by atoms with Crippen LogP contribution >= 0.6 is 11.6 Å². The summed E-state index contributed by atoms with van der Waals surface area (Å²) in [4.78, 5) is 14.9. The lowest BCUT2D eigenvalue weighted by Gasteiger charge is -2.25. The highest BCUT2D eigenvalue weighted by atomic mass is 35.5. The molecule has 1 atom stereocenters. The Morgan fingerprint density at radius 2 is 1.81 bits per heavy atom. The van der Waals surface area contributed by atoms with E-state index in [1.807, 2.05) is 40.1 Å². The van der Waals surface area contributed by atoms with Crippen LogP contribution in [-0.2, 0) is 0 Å². The average Bonchev–Trinajstić information content (AvgIpc) is 2.93. The molecule has 0 aliphatic heterocycles. The fraction of sp³-hybridized carbons (Fsp3) is 0.318. The predicted molar refractivity (Wildman–Crippen MR) is 111 cm³/mol. The lowest BCUT2D eigenvalue weighted by Crippen LogP contribution is -2.34. The summed E-state index contributed by atoms with van der Waals surface area (Å²) in [6.07, 6.45) is 0. The standard InChI is InChI=1S/C22H25ClN2O2/c1-13-6-8-16(9-7-13)19(25(4)5)12-24-22(26)21-15(3)17-11-18(23)14(2)10-20(17)27-21/h6-11,19H,12H2,1-5H3,(H,24,26)/t19-/m0/s1. The number of nitrogens with one attached hydrogen (secondary N) is 1. The lowest BCUT2D eigenvalue weighted by atomic mass is 10.0. The molecule has 3 rings (SSSR count). The second kappa shape index (κ2) is 7.75. The van der Waals surface area contributed by atoms with E-state index in [2.05, 4.69) is 41.4 Å². The van der Waals surface area contributed by atoms with Crippen molar-refractivity contribution in [2.24, 2.45) is 0 Å². The summed E-state index contributed by atoms with van der Waals surface area (Å²) in [6, 6.07) is 12.2. The number of nitrogens with zero attached hydrogens (tertiary/aromatic N) is 1. The average molecular weight is 385 g/mol. The molecule has 2 aromatic carbocycles. The first-order chi connectivity index (χ1) is 12.8. The van der Waals surface area contributed by atoms with Crippen LogP contribution in [0.3, 0.4) is 0 Å². The van der Waals surface area contributed by atoms with E-state index in [-0.39, 0.29) is 11.9 Å². The van der Waals surface area contributed by atoms with Crippen molar-refractivity contribution in [1.29, 1.82) is 0 Å². The second-order valence-electron chi connectivity index (χ2n) is 7.25. The number of halogens is 1. The smallest absolute Gasteiger partial charge is 0.287 e. The molecule has 142 valence electrons. The van der Waals surface area contributed by atoms with Gasteiger partial charge in [-0.2, -0.15) is 0 Å². The molecule has 0 unspecified atom stereocenters. The Morgan fingerprint density at radius 1 is 1.15 bits per heavy atom. The molecule has 1 amide bonds. The molecule has 27 heavy (non-hydrogen) atoms. The van der Waals surface area contributed by atoms with E-state index >= 15 is 0 Å². The minimum Gasteiger partial charge on any atom is -0.451 e. The van der Waals surface area contributed by atoms with Gasteiger partial charge in [0.05, 0.1) is 6.04 Å². The highest BCUT2D eigenvalue weighted by Crippen LogP contribution is 2.30. The molecule has 0 spiro atoms. The third-order valence-corrected chi connectivity index (χ3v) is 5.37. The van der Waals surface area contributed by atoms with Crippen LogP contribution in [0, 0.1) is 20.8 Å². The zero-order valence-corrected chi connectivity index (χ0v) is 17.1.